The molecule has 15 heavy (non-hydrogen) atoms. The lowest BCUT2D eigenvalue weighted by Crippen LogP contribution is -2.31. The minimum Gasteiger partial charge on any atom is -0.395 e. The second-order valence-electron chi connectivity index (χ2n) is 3.16. The Hall–Kier alpha value is -1.50. The van der Waals surface area contributed by atoms with E-state index in [-0.39, 0.29) is 17.2 Å². The predicted molar refractivity (Wildman–Crippen MR) is 51.5 cm³/mol. The topological polar surface area (TPSA) is 107 Å². The van der Waals surface area contributed by atoms with Crippen LogP contribution in [0, 0.1) is 4.91 Å². The summed E-state index contributed by atoms with van der Waals surface area (Å²) in [6.07, 6.45) is -0.997. The zero-order valence-corrected chi connectivity index (χ0v) is 7.95. The van der Waals surface area contributed by atoms with Crippen LogP contribution in [0.5, 0.6) is 0 Å². The highest BCUT2D eigenvalue weighted by atomic mass is 16.6. The third-order valence-corrected chi connectivity index (χ3v) is 2.07. The molecule has 0 spiro atoms. The number of hydrogen-bond acceptors (Lipinski definition) is 4. The van der Waals surface area contributed by atoms with E-state index in [1.54, 1.807) is 0 Å². The van der Waals surface area contributed by atoms with Crippen LogP contribution in [0.3, 0.4) is 0 Å². The third-order valence-electron chi connectivity index (χ3n) is 2.07. The van der Waals surface area contributed by atoms with Crippen molar-refractivity contribution in [2.75, 3.05) is 6.61 Å². The molecule has 0 bridgehead atoms. The van der Waals surface area contributed by atoms with Crippen LogP contribution in [0.25, 0.3) is 0 Å². The average Bonchev–Trinajstić information content (AvgIpc) is 2.27. The lowest BCUT2D eigenvalue weighted by atomic mass is 10.0. The number of aliphatic hydroxyl groups is 2. The van der Waals surface area contributed by atoms with E-state index in [1.165, 1.54) is 24.3 Å². The van der Waals surface area contributed by atoms with Gasteiger partial charge in [0.2, 0.25) is 0 Å². The van der Waals surface area contributed by atoms with Crippen LogP contribution in [0.15, 0.2) is 24.3 Å². The molecule has 0 heterocycles. The SMILES string of the molecule is N[C@H](CO)[C@H](O)c1ccc([N+](=O)O)cc1. The molecule has 1 aromatic rings. The van der Waals surface area contributed by atoms with Crippen LogP contribution in [-0.4, -0.2) is 33.0 Å². The van der Waals surface area contributed by atoms with Crippen LogP contribution in [0.1, 0.15) is 11.7 Å². The van der Waals surface area contributed by atoms with Crippen molar-refractivity contribution in [2.24, 2.45) is 5.73 Å². The molecule has 0 saturated heterocycles. The lowest BCUT2D eigenvalue weighted by Gasteiger charge is -2.16. The van der Waals surface area contributed by atoms with Gasteiger partial charge in [0, 0.05) is 12.1 Å². The minimum absolute atomic E-state index is 0.0588. The Bertz CT molecular complexity index is 338. The third kappa shape index (κ3) is 2.72. The fourth-order valence-corrected chi connectivity index (χ4v) is 1.15. The van der Waals surface area contributed by atoms with Gasteiger partial charge in [-0.05, 0) is 17.7 Å². The largest absolute Gasteiger partial charge is 0.395 e. The second kappa shape index (κ2) is 4.83. The van der Waals surface area contributed by atoms with Gasteiger partial charge in [-0.1, -0.05) is 0 Å². The van der Waals surface area contributed by atoms with E-state index in [1.807, 2.05) is 0 Å². The first kappa shape index (κ1) is 11.6. The Labute approximate surface area is 86.1 Å². The van der Waals surface area contributed by atoms with E-state index in [0.717, 1.165) is 0 Å². The van der Waals surface area contributed by atoms with Crippen molar-refractivity contribution in [3.63, 3.8) is 0 Å². The van der Waals surface area contributed by atoms with Gasteiger partial charge >= 0.3 is 5.69 Å². The summed E-state index contributed by atoms with van der Waals surface area (Å²) in [5.41, 5.74) is 5.96. The summed E-state index contributed by atoms with van der Waals surface area (Å²) >= 11 is 0. The van der Waals surface area contributed by atoms with E-state index in [0.29, 0.717) is 5.56 Å². The van der Waals surface area contributed by atoms with Crippen LogP contribution in [0.4, 0.5) is 5.69 Å². The van der Waals surface area contributed by atoms with Crippen molar-refractivity contribution >= 4 is 5.69 Å². The number of hydrogen-bond donors (Lipinski definition) is 4. The van der Waals surface area contributed by atoms with Crippen molar-refractivity contribution in [3.05, 3.63) is 34.7 Å². The number of aliphatic hydroxyl groups excluding tert-OH is 2. The van der Waals surface area contributed by atoms with Gasteiger partial charge in [0.25, 0.3) is 4.92 Å². The summed E-state index contributed by atoms with van der Waals surface area (Å²) < 4.78 is 0. The highest BCUT2D eigenvalue weighted by molar-refractivity contribution is 5.33. The van der Waals surface area contributed by atoms with Crippen LogP contribution < -0.4 is 5.73 Å². The van der Waals surface area contributed by atoms with E-state index in [2.05, 4.69) is 0 Å². The Kier molecular flexibility index (Phi) is 3.73. The molecule has 0 aliphatic heterocycles. The van der Waals surface area contributed by atoms with Gasteiger partial charge in [0.15, 0.2) is 0 Å². The molecule has 0 aromatic heterocycles. The molecule has 6 heteroatoms. The van der Waals surface area contributed by atoms with Crippen molar-refractivity contribution in [1.82, 2.24) is 0 Å². The normalized spacial score (nSPS) is 14.6. The molecule has 1 aromatic carbocycles. The maximum Gasteiger partial charge on any atom is 0.316 e. The Morgan fingerprint density at radius 1 is 1.33 bits per heavy atom. The second-order valence-corrected chi connectivity index (χ2v) is 3.16. The van der Waals surface area contributed by atoms with E-state index in [4.69, 9.17) is 16.0 Å². The van der Waals surface area contributed by atoms with E-state index < -0.39 is 12.1 Å². The average molecular weight is 213 g/mol. The Morgan fingerprint density at radius 3 is 2.27 bits per heavy atom. The van der Waals surface area contributed by atoms with Gasteiger partial charge < -0.3 is 15.9 Å². The van der Waals surface area contributed by atoms with Crippen LogP contribution in [0.2, 0.25) is 0 Å². The first-order chi connectivity index (χ1) is 7.06. The highest BCUT2D eigenvalue weighted by Crippen LogP contribution is 2.18. The molecule has 2 atom stereocenters. The van der Waals surface area contributed by atoms with Gasteiger partial charge in [-0.15, -0.1) is 0 Å². The maximum atomic E-state index is 10.5. The maximum absolute atomic E-state index is 10.5. The predicted octanol–water partition coefficient (Wildman–Crippen LogP) is -0.161. The number of nitrogens with zero attached hydrogens (tertiary/aromatic N) is 1. The highest BCUT2D eigenvalue weighted by Gasteiger charge is 2.18. The molecule has 0 amide bonds. The van der Waals surface area contributed by atoms with Crippen molar-refractivity contribution in [3.8, 4) is 0 Å². The lowest BCUT2D eigenvalue weighted by molar-refractivity contribution is -0.729. The van der Waals surface area contributed by atoms with E-state index >= 15 is 0 Å². The summed E-state index contributed by atoms with van der Waals surface area (Å²) in [5, 5.41) is 26.9. The molecular weight excluding hydrogens is 200 g/mol. The molecule has 0 aliphatic rings. The Morgan fingerprint density at radius 2 is 1.87 bits per heavy atom. The molecule has 0 unspecified atom stereocenters. The number of nitrogens with two attached hydrogens (primary N) is 1. The minimum atomic E-state index is -0.997. The van der Waals surface area contributed by atoms with Crippen molar-refractivity contribution < 1.29 is 20.3 Å². The first-order valence-corrected chi connectivity index (χ1v) is 4.37. The fourth-order valence-electron chi connectivity index (χ4n) is 1.15. The quantitative estimate of drug-likeness (QED) is 0.520. The van der Waals surface area contributed by atoms with Gasteiger partial charge in [0.05, 0.1) is 23.7 Å². The Balaban J connectivity index is 2.84. The van der Waals surface area contributed by atoms with Gasteiger partial charge in [-0.2, -0.15) is 0 Å². The fraction of sp³-hybridized carbons (Fsp3) is 0.333. The zero-order valence-electron chi connectivity index (χ0n) is 7.95. The van der Waals surface area contributed by atoms with Crippen molar-refractivity contribution in [1.29, 1.82) is 0 Å². The van der Waals surface area contributed by atoms with Gasteiger partial charge in [0.1, 0.15) is 0 Å². The number of benzene rings is 1. The standard InChI is InChI=1S/C9H13N2O4/c10-8(5-12)9(13)6-1-3-7(4-2-6)11(14)15/h1-4,8-9,12-13H,5,10H2,(H,14,15)/q+1/t8-,9-/m1/s1. The smallest absolute Gasteiger partial charge is 0.316 e. The molecule has 5 N–H and O–H groups in total. The van der Waals surface area contributed by atoms with Crippen LogP contribution >= 0.6 is 0 Å². The molecule has 6 nitrogen and oxygen atoms in total. The monoisotopic (exact) mass is 213 g/mol. The van der Waals surface area contributed by atoms with Gasteiger partial charge in [-0.25, -0.2) is 5.21 Å². The molecule has 0 aliphatic carbocycles. The summed E-state index contributed by atoms with van der Waals surface area (Å²) in [6, 6.07) is 4.83. The summed E-state index contributed by atoms with van der Waals surface area (Å²) in [7, 11) is 0. The summed E-state index contributed by atoms with van der Waals surface area (Å²) in [5.74, 6) is 0. The molecule has 0 fully saturated rings. The van der Waals surface area contributed by atoms with E-state index in [9.17, 15) is 10.0 Å². The number of rotatable bonds is 4. The molecule has 1 rings (SSSR count). The van der Waals surface area contributed by atoms with Gasteiger partial charge in [-0.3, -0.25) is 0 Å². The molecule has 82 valence electrons. The first-order valence-electron chi connectivity index (χ1n) is 4.37. The van der Waals surface area contributed by atoms with Crippen molar-refractivity contribution in [2.45, 2.75) is 12.1 Å². The zero-order chi connectivity index (χ0) is 11.4. The molecule has 0 radical (unpaired) electrons. The molecule has 0 saturated carbocycles. The van der Waals surface area contributed by atoms with Crippen LogP contribution in [-0.2, 0) is 0 Å². The molecular formula is C9H13N2O4+. The summed E-state index contributed by atoms with van der Waals surface area (Å²) in [4.78, 5) is 10.2. The summed E-state index contributed by atoms with van der Waals surface area (Å²) in [6.45, 7) is -0.337.